The monoisotopic (exact) mass is 395 g/mol. The molecule has 0 saturated heterocycles. The lowest BCUT2D eigenvalue weighted by atomic mass is 9.81. The highest BCUT2D eigenvalue weighted by Gasteiger charge is 2.47. The van der Waals surface area contributed by atoms with E-state index in [0.717, 1.165) is 11.1 Å². The van der Waals surface area contributed by atoms with Crippen molar-refractivity contribution in [1.29, 1.82) is 0 Å². The molecule has 1 heterocycles. The topological polar surface area (TPSA) is 35.2 Å². The molecule has 0 saturated carbocycles. The van der Waals surface area contributed by atoms with Crippen LogP contribution in [0.4, 0.5) is 4.39 Å². The SMILES string of the molecule is C=CCC(N)[C@@]1(c2ccccc2)Cc2c(cc(F)c(Cl)c2Br)O1. The molecule has 0 aliphatic carbocycles. The maximum atomic E-state index is 13.9. The first-order chi connectivity index (χ1) is 11.0. The standard InChI is InChI=1S/C18H16BrClFNO/c1-2-6-15(22)18(11-7-4-3-5-8-11)10-12-14(23-18)9-13(21)17(20)16(12)19/h2-5,7-9,15H,1,6,10,22H2/t15?,18-/m0/s1. The number of nitrogens with two attached hydrogens (primary N) is 1. The summed E-state index contributed by atoms with van der Waals surface area (Å²) in [6.07, 6.45) is 2.86. The van der Waals surface area contributed by atoms with Gasteiger partial charge in [0, 0.05) is 22.5 Å². The summed E-state index contributed by atoms with van der Waals surface area (Å²) in [7, 11) is 0. The van der Waals surface area contributed by atoms with E-state index >= 15 is 0 Å². The molecule has 0 aromatic heterocycles. The smallest absolute Gasteiger partial charge is 0.153 e. The molecule has 23 heavy (non-hydrogen) atoms. The molecular weight excluding hydrogens is 381 g/mol. The van der Waals surface area contributed by atoms with Crippen molar-refractivity contribution in [2.75, 3.05) is 0 Å². The molecule has 2 N–H and O–H groups in total. The van der Waals surface area contributed by atoms with Crippen molar-refractivity contribution in [1.82, 2.24) is 0 Å². The van der Waals surface area contributed by atoms with Gasteiger partial charge in [0.15, 0.2) is 5.60 Å². The second-order valence-corrected chi connectivity index (χ2v) is 6.80. The minimum Gasteiger partial charge on any atom is -0.480 e. The van der Waals surface area contributed by atoms with Gasteiger partial charge in [0.25, 0.3) is 0 Å². The molecule has 0 amide bonds. The van der Waals surface area contributed by atoms with Crippen LogP contribution in [0.1, 0.15) is 17.5 Å². The summed E-state index contributed by atoms with van der Waals surface area (Å²) < 4.78 is 20.7. The first kappa shape index (κ1) is 16.5. The van der Waals surface area contributed by atoms with Crippen LogP contribution < -0.4 is 10.5 Å². The van der Waals surface area contributed by atoms with Crippen LogP contribution >= 0.6 is 27.5 Å². The first-order valence-electron chi connectivity index (χ1n) is 7.27. The van der Waals surface area contributed by atoms with E-state index in [-0.39, 0.29) is 11.1 Å². The molecule has 0 fully saturated rings. The Bertz CT molecular complexity index is 752. The van der Waals surface area contributed by atoms with Crippen LogP contribution in [0.15, 0.2) is 53.5 Å². The van der Waals surface area contributed by atoms with Crippen molar-refractivity contribution in [3.63, 3.8) is 0 Å². The number of rotatable bonds is 4. The Morgan fingerprint density at radius 1 is 1.43 bits per heavy atom. The molecule has 2 atom stereocenters. The van der Waals surface area contributed by atoms with Gasteiger partial charge in [-0.3, -0.25) is 0 Å². The van der Waals surface area contributed by atoms with Crippen LogP contribution in [0.3, 0.4) is 0 Å². The van der Waals surface area contributed by atoms with Gasteiger partial charge in [0.1, 0.15) is 11.6 Å². The molecule has 1 aliphatic rings. The number of hydrogen-bond donors (Lipinski definition) is 1. The highest BCUT2D eigenvalue weighted by molar-refractivity contribution is 9.10. The fraction of sp³-hybridized carbons (Fsp3) is 0.222. The fourth-order valence-electron chi connectivity index (χ4n) is 3.03. The number of hydrogen-bond acceptors (Lipinski definition) is 2. The first-order valence-corrected chi connectivity index (χ1v) is 8.44. The Kier molecular flexibility index (Phi) is 4.50. The molecular formula is C18H16BrClFNO. The predicted molar refractivity (Wildman–Crippen MR) is 94.4 cm³/mol. The lowest BCUT2D eigenvalue weighted by Gasteiger charge is -2.34. The minimum absolute atomic E-state index is 0.0634. The Morgan fingerprint density at radius 3 is 2.78 bits per heavy atom. The van der Waals surface area contributed by atoms with Gasteiger partial charge in [-0.15, -0.1) is 6.58 Å². The maximum Gasteiger partial charge on any atom is 0.153 e. The van der Waals surface area contributed by atoms with Crippen molar-refractivity contribution < 1.29 is 9.13 Å². The Hall–Kier alpha value is -1.36. The van der Waals surface area contributed by atoms with Gasteiger partial charge in [-0.05, 0) is 27.9 Å². The van der Waals surface area contributed by atoms with E-state index in [0.29, 0.717) is 23.1 Å². The third-order valence-corrected chi connectivity index (χ3v) is 5.71. The average molecular weight is 397 g/mol. The molecule has 3 rings (SSSR count). The fourth-order valence-corrected chi connectivity index (χ4v) is 3.73. The zero-order valence-corrected chi connectivity index (χ0v) is 14.7. The van der Waals surface area contributed by atoms with Gasteiger partial charge >= 0.3 is 0 Å². The summed E-state index contributed by atoms with van der Waals surface area (Å²) in [4.78, 5) is 0. The molecule has 2 nitrogen and oxygen atoms in total. The van der Waals surface area contributed by atoms with E-state index in [4.69, 9.17) is 22.1 Å². The zero-order valence-electron chi connectivity index (χ0n) is 12.4. The van der Waals surface area contributed by atoms with Gasteiger partial charge in [-0.1, -0.05) is 48.0 Å². The van der Waals surface area contributed by atoms with E-state index in [1.807, 2.05) is 30.3 Å². The number of fused-ring (bicyclic) bond motifs is 1. The second-order valence-electron chi connectivity index (χ2n) is 5.63. The van der Waals surface area contributed by atoms with E-state index in [2.05, 4.69) is 22.5 Å². The van der Waals surface area contributed by atoms with Crippen LogP contribution in [-0.2, 0) is 12.0 Å². The molecule has 2 aromatic carbocycles. The van der Waals surface area contributed by atoms with Crippen molar-refractivity contribution in [2.24, 2.45) is 5.73 Å². The highest BCUT2D eigenvalue weighted by Crippen LogP contribution is 2.48. The van der Waals surface area contributed by atoms with Crippen molar-refractivity contribution in [3.05, 3.63) is 75.5 Å². The molecule has 0 spiro atoms. The van der Waals surface area contributed by atoms with E-state index < -0.39 is 11.4 Å². The maximum absolute atomic E-state index is 13.9. The van der Waals surface area contributed by atoms with Crippen LogP contribution in [0.25, 0.3) is 0 Å². The van der Waals surface area contributed by atoms with E-state index in [1.54, 1.807) is 6.08 Å². The zero-order chi connectivity index (χ0) is 16.6. The number of ether oxygens (including phenoxy) is 1. The van der Waals surface area contributed by atoms with E-state index in [9.17, 15) is 4.39 Å². The predicted octanol–water partition coefficient (Wildman–Crippen LogP) is 4.98. The van der Waals surface area contributed by atoms with Gasteiger partial charge < -0.3 is 10.5 Å². The van der Waals surface area contributed by atoms with Crippen LogP contribution in [0, 0.1) is 5.82 Å². The Labute approximate surface area is 148 Å². The molecule has 2 aromatic rings. The summed E-state index contributed by atoms with van der Waals surface area (Å²) in [6, 6.07) is 10.8. The van der Waals surface area contributed by atoms with Gasteiger partial charge in [0.2, 0.25) is 0 Å². The van der Waals surface area contributed by atoms with Crippen LogP contribution in [0.2, 0.25) is 5.02 Å². The van der Waals surface area contributed by atoms with Crippen molar-refractivity contribution in [3.8, 4) is 5.75 Å². The third kappa shape index (κ3) is 2.69. The lowest BCUT2D eigenvalue weighted by molar-refractivity contribution is 0.0627. The summed E-state index contributed by atoms with van der Waals surface area (Å²) in [6.45, 7) is 3.77. The Morgan fingerprint density at radius 2 is 2.13 bits per heavy atom. The largest absolute Gasteiger partial charge is 0.480 e. The van der Waals surface area contributed by atoms with E-state index in [1.165, 1.54) is 6.07 Å². The van der Waals surface area contributed by atoms with Crippen molar-refractivity contribution in [2.45, 2.75) is 24.5 Å². The molecule has 0 radical (unpaired) electrons. The van der Waals surface area contributed by atoms with Gasteiger partial charge in [-0.2, -0.15) is 0 Å². The summed E-state index contributed by atoms with van der Waals surface area (Å²) >= 11 is 9.40. The summed E-state index contributed by atoms with van der Waals surface area (Å²) in [5.74, 6) is -0.0411. The quantitative estimate of drug-likeness (QED) is 0.584. The number of benzene rings is 2. The van der Waals surface area contributed by atoms with Crippen LogP contribution in [0.5, 0.6) is 5.75 Å². The average Bonchev–Trinajstić information content (AvgIpc) is 2.95. The molecule has 5 heteroatoms. The normalized spacial score (nSPS) is 20.7. The Balaban J connectivity index is 2.13. The molecule has 0 bridgehead atoms. The second kappa shape index (κ2) is 6.27. The molecule has 1 aliphatic heterocycles. The van der Waals surface area contributed by atoms with Crippen LogP contribution in [-0.4, -0.2) is 6.04 Å². The summed E-state index contributed by atoms with van der Waals surface area (Å²) in [5.41, 5.74) is 7.44. The highest BCUT2D eigenvalue weighted by atomic mass is 79.9. The molecule has 1 unspecified atom stereocenters. The van der Waals surface area contributed by atoms with Crippen molar-refractivity contribution >= 4 is 27.5 Å². The summed E-state index contributed by atoms with van der Waals surface area (Å²) in [5, 5.41) is 0.0634. The lowest BCUT2D eigenvalue weighted by Crippen LogP contribution is -2.49. The van der Waals surface area contributed by atoms with Gasteiger partial charge in [0.05, 0.1) is 11.1 Å². The minimum atomic E-state index is -0.766. The van der Waals surface area contributed by atoms with Gasteiger partial charge in [-0.25, -0.2) is 4.39 Å². The molecule has 120 valence electrons. The third-order valence-electron chi connectivity index (χ3n) is 4.24. The number of halogens is 3.